The molecule has 1 aromatic heterocycles. The average molecular weight is 329 g/mol. The van der Waals surface area contributed by atoms with E-state index in [2.05, 4.69) is 78.0 Å². The van der Waals surface area contributed by atoms with Crippen LogP contribution in [-0.2, 0) is 0 Å². The molecule has 0 aliphatic heterocycles. The van der Waals surface area contributed by atoms with Crippen molar-refractivity contribution in [2.24, 2.45) is 0 Å². The van der Waals surface area contributed by atoms with Gasteiger partial charge in [0.15, 0.2) is 0 Å². The molecule has 0 bridgehead atoms. The van der Waals surface area contributed by atoms with Crippen molar-refractivity contribution in [2.75, 3.05) is 19.0 Å². The molecular formula is C12H12INS. The lowest BCUT2D eigenvalue weighted by atomic mass is 10.2. The van der Waals surface area contributed by atoms with Crippen molar-refractivity contribution in [1.29, 1.82) is 0 Å². The molecule has 0 atom stereocenters. The molecule has 0 unspecified atom stereocenters. The Morgan fingerprint density at radius 3 is 2.13 bits per heavy atom. The Bertz CT molecular complexity index is 445. The molecule has 0 saturated carbocycles. The number of thiophene rings is 1. The molecule has 0 aliphatic rings. The summed E-state index contributed by atoms with van der Waals surface area (Å²) in [5.41, 5.74) is 2.54. The first-order valence-corrected chi connectivity index (χ1v) is 6.59. The predicted octanol–water partition coefficient (Wildman–Crippen LogP) is 4.09. The van der Waals surface area contributed by atoms with Crippen molar-refractivity contribution in [1.82, 2.24) is 0 Å². The molecule has 0 N–H and O–H groups in total. The van der Waals surface area contributed by atoms with E-state index in [1.807, 2.05) is 11.3 Å². The normalized spacial score (nSPS) is 10.3. The van der Waals surface area contributed by atoms with Crippen LogP contribution in [0.1, 0.15) is 0 Å². The van der Waals surface area contributed by atoms with Crippen molar-refractivity contribution in [2.45, 2.75) is 0 Å². The minimum atomic E-state index is 1.24. The lowest BCUT2D eigenvalue weighted by Crippen LogP contribution is -2.07. The third kappa shape index (κ3) is 2.52. The zero-order valence-corrected chi connectivity index (χ0v) is 11.7. The highest BCUT2D eigenvalue weighted by Gasteiger charge is 2.01. The van der Waals surface area contributed by atoms with Crippen LogP contribution in [0.15, 0.2) is 36.4 Å². The molecule has 0 amide bonds. The molecule has 1 nitrogen and oxygen atoms in total. The Labute approximate surface area is 108 Å². The van der Waals surface area contributed by atoms with Crippen LogP contribution in [0.25, 0.3) is 10.4 Å². The van der Waals surface area contributed by atoms with Gasteiger partial charge >= 0.3 is 0 Å². The Kier molecular flexibility index (Phi) is 3.31. The fraction of sp³-hybridized carbons (Fsp3) is 0.167. The van der Waals surface area contributed by atoms with E-state index >= 15 is 0 Å². The summed E-state index contributed by atoms with van der Waals surface area (Å²) in [5.74, 6) is 0. The van der Waals surface area contributed by atoms with Gasteiger partial charge in [0, 0.05) is 24.7 Å². The quantitative estimate of drug-likeness (QED) is 0.750. The smallest absolute Gasteiger partial charge is 0.0660 e. The second-order valence-corrected chi connectivity index (χ2v) is 6.52. The summed E-state index contributed by atoms with van der Waals surface area (Å²) in [6, 6.07) is 13.0. The van der Waals surface area contributed by atoms with E-state index in [0.717, 1.165) is 0 Å². The van der Waals surface area contributed by atoms with E-state index in [1.165, 1.54) is 19.0 Å². The van der Waals surface area contributed by atoms with Crippen molar-refractivity contribution >= 4 is 39.6 Å². The lowest BCUT2D eigenvalue weighted by Gasteiger charge is -2.12. The summed E-state index contributed by atoms with van der Waals surface area (Å²) in [6.45, 7) is 0. The van der Waals surface area contributed by atoms with E-state index in [4.69, 9.17) is 0 Å². The molecule has 2 aromatic rings. The van der Waals surface area contributed by atoms with Crippen LogP contribution in [0.5, 0.6) is 0 Å². The third-order valence-electron chi connectivity index (χ3n) is 2.24. The predicted molar refractivity (Wildman–Crippen MR) is 76.8 cm³/mol. The standard InChI is InChI=1S/C12H12INS/c1-14(2)10-5-3-9(4-6-10)11-7-8-12(13)15-11/h3-8H,1-2H3. The molecule has 0 saturated heterocycles. The molecule has 0 aliphatic carbocycles. The first-order chi connectivity index (χ1) is 7.16. The summed E-state index contributed by atoms with van der Waals surface area (Å²) in [7, 11) is 4.12. The summed E-state index contributed by atoms with van der Waals surface area (Å²) in [6.07, 6.45) is 0. The lowest BCUT2D eigenvalue weighted by molar-refractivity contribution is 1.13. The van der Waals surface area contributed by atoms with Gasteiger partial charge in [-0.15, -0.1) is 11.3 Å². The Morgan fingerprint density at radius 1 is 1.00 bits per heavy atom. The molecule has 0 fully saturated rings. The van der Waals surface area contributed by atoms with E-state index in [9.17, 15) is 0 Å². The molecule has 3 heteroatoms. The van der Waals surface area contributed by atoms with E-state index < -0.39 is 0 Å². The number of rotatable bonds is 2. The van der Waals surface area contributed by atoms with Gasteiger partial charge in [0.05, 0.1) is 2.88 Å². The van der Waals surface area contributed by atoms with E-state index in [0.29, 0.717) is 0 Å². The number of halogens is 1. The minimum Gasteiger partial charge on any atom is -0.378 e. The zero-order valence-electron chi connectivity index (χ0n) is 8.70. The maximum atomic E-state index is 2.36. The first kappa shape index (κ1) is 11.0. The molecule has 2 rings (SSSR count). The molecule has 0 radical (unpaired) electrons. The molecule has 1 heterocycles. The summed E-state index contributed by atoms with van der Waals surface area (Å²) < 4.78 is 1.33. The van der Waals surface area contributed by atoms with Crippen LogP contribution in [0, 0.1) is 2.88 Å². The summed E-state index contributed by atoms with van der Waals surface area (Å²) >= 11 is 4.18. The molecule has 0 spiro atoms. The highest BCUT2D eigenvalue weighted by atomic mass is 127. The fourth-order valence-electron chi connectivity index (χ4n) is 1.39. The Balaban J connectivity index is 2.31. The van der Waals surface area contributed by atoms with Gasteiger partial charge in [-0.3, -0.25) is 0 Å². The number of hydrogen-bond donors (Lipinski definition) is 0. The maximum absolute atomic E-state index is 2.36. The van der Waals surface area contributed by atoms with Gasteiger partial charge in [-0.2, -0.15) is 0 Å². The molecule has 78 valence electrons. The van der Waals surface area contributed by atoms with Gasteiger partial charge in [0.2, 0.25) is 0 Å². The largest absolute Gasteiger partial charge is 0.378 e. The van der Waals surface area contributed by atoms with Crippen LogP contribution in [0.2, 0.25) is 0 Å². The van der Waals surface area contributed by atoms with Crippen molar-refractivity contribution < 1.29 is 0 Å². The topological polar surface area (TPSA) is 3.24 Å². The van der Waals surface area contributed by atoms with Crippen LogP contribution < -0.4 is 4.90 Å². The summed E-state index contributed by atoms with van der Waals surface area (Å²) in [5, 5.41) is 0. The number of hydrogen-bond acceptors (Lipinski definition) is 2. The van der Waals surface area contributed by atoms with E-state index in [-0.39, 0.29) is 0 Å². The van der Waals surface area contributed by atoms with Gasteiger partial charge in [-0.05, 0) is 52.4 Å². The maximum Gasteiger partial charge on any atom is 0.0660 e. The fourth-order valence-corrected chi connectivity index (χ4v) is 3.02. The van der Waals surface area contributed by atoms with Gasteiger partial charge in [-0.1, -0.05) is 12.1 Å². The Morgan fingerprint density at radius 2 is 1.67 bits per heavy atom. The minimum absolute atomic E-state index is 1.24. The molecule has 15 heavy (non-hydrogen) atoms. The number of nitrogens with zero attached hydrogens (tertiary/aromatic N) is 1. The van der Waals surface area contributed by atoms with Crippen molar-refractivity contribution in [3.8, 4) is 10.4 Å². The zero-order chi connectivity index (χ0) is 10.8. The number of anilines is 1. The highest BCUT2D eigenvalue weighted by Crippen LogP contribution is 2.29. The Hall–Kier alpha value is -0.550. The second kappa shape index (κ2) is 4.53. The van der Waals surface area contributed by atoms with Crippen LogP contribution in [0.4, 0.5) is 5.69 Å². The molecular weight excluding hydrogens is 317 g/mol. The van der Waals surface area contributed by atoms with Gasteiger partial charge < -0.3 is 4.90 Å². The first-order valence-electron chi connectivity index (χ1n) is 4.70. The molecule has 1 aromatic carbocycles. The monoisotopic (exact) mass is 329 g/mol. The summed E-state index contributed by atoms with van der Waals surface area (Å²) in [4.78, 5) is 3.45. The van der Waals surface area contributed by atoms with E-state index in [1.54, 1.807) is 0 Å². The van der Waals surface area contributed by atoms with Gasteiger partial charge in [0.1, 0.15) is 0 Å². The average Bonchev–Trinajstić information content (AvgIpc) is 2.65. The van der Waals surface area contributed by atoms with Crippen LogP contribution in [0.3, 0.4) is 0 Å². The van der Waals surface area contributed by atoms with Gasteiger partial charge in [-0.25, -0.2) is 0 Å². The number of benzene rings is 1. The highest BCUT2D eigenvalue weighted by molar-refractivity contribution is 14.1. The van der Waals surface area contributed by atoms with Gasteiger partial charge in [0.25, 0.3) is 0 Å². The second-order valence-electron chi connectivity index (χ2n) is 3.55. The van der Waals surface area contributed by atoms with Crippen molar-refractivity contribution in [3.63, 3.8) is 0 Å². The van der Waals surface area contributed by atoms with Crippen LogP contribution in [-0.4, -0.2) is 14.1 Å². The van der Waals surface area contributed by atoms with Crippen LogP contribution >= 0.6 is 33.9 Å². The SMILES string of the molecule is CN(C)c1ccc(-c2ccc(I)s2)cc1. The van der Waals surface area contributed by atoms with Crippen molar-refractivity contribution in [3.05, 3.63) is 39.3 Å². The third-order valence-corrected chi connectivity index (χ3v) is 4.18.